The third kappa shape index (κ3) is 4.56. The Morgan fingerprint density at radius 1 is 1.09 bits per heavy atom. The van der Waals surface area contributed by atoms with Gasteiger partial charge in [-0.3, -0.25) is 0 Å². The summed E-state index contributed by atoms with van der Waals surface area (Å²) >= 11 is 1.38. The Labute approximate surface area is 221 Å². The molecule has 1 N–H and O–H groups in total. The second-order valence-corrected chi connectivity index (χ2v) is 9.66. The third-order valence-corrected chi connectivity index (χ3v) is 6.92. The SMILES string of the molecule is Cc1ccc(-c2nn(-c3ccccc3CO)[n+](-c3nc4ccccc4s3)n2)c(S(=O)(=O)[O-])c1.[Na+]. The maximum absolute atomic E-state index is 12.0. The van der Waals surface area contributed by atoms with E-state index in [9.17, 15) is 18.1 Å². The van der Waals surface area contributed by atoms with E-state index in [1.54, 1.807) is 37.3 Å². The monoisotopic (exact) mass is 502 g/mol. The van der Waals surface area contributed by atoms with E-state index in [0.29, 0.717) is 21.9 Å². The van der Waals surface area contributed by atoms with E-state index in [-0.39, 0.29) is 47.6 Å². The van der Waals surface area contributed by atoms with Crippen molar-refractivity contribution in [3.63, 3.8) is 0 Å². The first-order valence-electron chi connectivity index (χ1n) is 9.87. The predicted octanol–water partition coefficient (Wildman–Crippen LogP) is -0.470. The van der Waals surface area contributed by atoms with E-state index in [2.05, 4.69) is 15.2 Å². The molecule has 9 nitrogen and oxygen atoms in total. The van der Waals surface area contributed by atoms with E-state index >= 15 is 0 Å². The van der Waals surface area contributed by atoms with Crippen molar-refractivity contribution in [3.8, 4) is 22.2 Å². The first-order chi connectivity index (χ1) is 15.8. The van der Waals surface area contributed by atoms with Gasteiger partial charge in [-0.1, -0.05) is 52.7 Å². The number of aryl methyl sites for hydroxylation is 1. The van der Waals surface area contributed by atoms with Gasteiger partial charge in [0.25, 0.3) is 5.82 Å². The fourth-order valence-electron chi connectivity index (χ4n) is 3.48. The van der Waals surface area contributed by atoms with Crippen LogP contribution in [0.4, 0.5) is 0 Å². The molecule has 166 valence electrons. The van der Waals surface area contributed by atoms with Crippen molar-refractivity contribution >= 4 is 31.7 Å². The Morgan fingerprint density at radius 2 is 1.82 bits per heavy atom. The molecule has 0 saturated heterocycles. The summed E-state index contributed by atoms with van der Waals surface area (Å²) in [5, 5.41) is 19.4. The summed E-state index contributed by atoms with van der Waals surface area (Å²) in [5.74, 6) is 0.0384. The minimum atomic E-state index is -4.77. The summed E-state index contributed by atoms with van der Waals surface area (Å²) in [5.41, 5.74) is 2.61. The Kier molecular flexibility index (Phi) is 6.97. The molecule has 2 aromatic heterocycles. The van der Waals surface area contributed by atoms with Crippen molar-refractivity contribution in [2.24, 2.45) is 0 Å². The average molecular weight is 503 g/mol. The van der Waals surface area contributed by atoms with E-state index in [4.69, 9.17) is 0 Å². The number of aromatic nitrogens is 5. The van der Waals surface area contributed by atoms with Crippen molar-refractivity contribution < 1.29 is 52.4 Å². The van der Waals surface area contributed by atoms with Crippen LogP contribution in [0.15, 0.2) is 71.6 Å². The molecule has 2 heterocycles. The third-order valence-electron chi connectivity index (χ3n) is 5.04. The number of hydrogen-bond acceptors (Lipinski definition) is 8. The Bertz CT molecular complexity index is 1580. The number of rotatable bonds is 5. The molecule has 12 heteroatoms. The summed E-state index contributed by atoms with van der Waals surface area (Å²) in [6.07, 6.45) is 0. The molecule has 5 aromatic rings. The first kappa shape index (κ1) is 24.6. The van der Waals surface area contributed by atoms with Crippen LogP contribution in [0.1, 0.15) is 11.1 Å². The molecule has 3 aromatic carbocycles. The molecular weight excluding hydrogens is 485 g/mol. The van der Waals surface area contributed by atoms with Gasteiger partial charge in [0.05, 0.1) is 21.8 Å². The van der Waals surface area contributed by atoms with Crippen LogP contribution in [0.2, 0.25) is 0 Å². The van der Waals surface area contributed by atoms with Crippen LogP contribution in [0.5, 0.6) is 0 Å². The van der Waals surface area contributed by atoms with Crippen molar-refractivity contribution in [2.75, 3.05) is 0 Å². The number of hydrogen-bond donors (Lipinski definition) is 1. The standard InChI is InChI=1S/C22H17N5O4S2.Na/c1-14-10-11-16(20(12-14)33(29,30)31)21-24-26(18-8-4-2-6-15(18)13-28)27(25-21)22-23-17-7-3-5-9-19(17)32-22;/h2-12,28H,13H2,1H3;/q;+1. The molecule has 5 rings (SSSR count). The van der Waals surface area contributed by atoms with E-state index in [1.165, 1.54) is 33.1 Å². The molecule has 0 radical (unpaired) electrons. The van der Waals surface area contributed by atoms with Crippen LogP contribution in [-0.4, -0.2) is 38.1 Å². The molecular formula is C22H17N5NaO4S2+. The molecule has 0 fully saturated rings. The van der Waals surface area contributed by atoms with Crippen molar-refractivity contribution in [1.29, 1.82) is 0 Å². The zero-order chi connectivity index (χ0) is 23.2. The van der Waals surface area contributed by atoms with Crippen LogP contribution in [0, 0.1) is 6.92 Å². The summed E-state index contributed by atoms with van der Waals surface area (Å²) in [6, 6.07) is 19.2. The Morgan fingerprint density at radius 3 is 2.56 bits per heavy atom. The molecule has 0 aliphatic carbocycles. The number of nitrogens with zero attached hydrogens (tertiary/aromatic N) is 5. The minimum Gasteiger partial charge on any atom is -0.744 e. The van der Waals surface area contributed by atoms with Gasteiger partial charge in [-0.05, 0) is 57.5 Å². The number of fused-ring (bicyclic) bond motifs is 1. The summed E-state index contributed by atoms with van der Waals surface area (Å²) in [7, 11) is -4.77. The van der Waals surface area contributed by atoms with Gasteiger partial charge in [0, 0.05) is 10.7 Å². The summed E-state index contributed by atoms with van der Waals surface area (Å²) in [6.45, 7) is 1.46. The summed E-state index contributed by atoms with van der Waals surface area (Å²) in [4.78, 5) is 7.12. The van der Waals surface area contributed by atoms with Gasteiger partial charge in [-0.25, -0.2) is 8.42 Å². The second-order valence-electron chi connectivity index (χ2n) is 7.31. The molecule has 34 heavy (non-hydrogen) atoms. The Balaban J connectivity index is 0.00000274. The van der Waals surface area contributed by atoms with Gasteiger partial charge in [-0.2, -0.15) is 0 Å². The number of tetrazole rings is 1. The smallest absolute Gasteiger partial charge is 0.744 e. The number of aliphatic hydroxyl groups is 1. The molecule has 0 saturated carbocycles. The van der Waals surface area contributed by atoms with Crippen LogP contribution < -0.4 is 34.4 Å². The molecule has 0 aliphatic heterocycles. The average Bonchev–Trinajstić information content (AvgIpc) is 3.43. The zero-order valence-corrected chi connectivity index (χ0v) is 21.9. The zero-order valence-electron chi connectivity index (χ0n) is 18.3. The molecule has 0 amide bonds. The largest absolute Gasteiger partial charge is 1.00 e. The van der Waals surface area contributed by atoms with Crippen LogP contribution in [-0.2, 0) is 16.7 Å². The van der Waals surface area contributed by atoms with E-state index in [1.807, 2.05) is 24.3 Å². The Hall–Kier alpha value is -2.51. The van der Waals surface area contributed by atoms with Crippen LogP contribution >= 0.6 is 11.3 Å². The van der Waals surface area contributed by atoms with E-state index in [0.717, 1.165) is 10.2 Å². The van der Waals surface area contributed by atoms with Crippen LogP contribution in [0.3, 0.4) is 0 Å². The van der Waals surface area contributed by atoms with Crippen molar-refractivity contribution in [1.82, 2.24) is 20.0 Å². The molecule has 0 unspecified atom stereocenters. The summed E-state index contributed by atoms with van der Waals surface area (Å²) < 4.78 is 36.8. The topological polar surface area (TPSA) is 125 Å². The van der Waals surface area contributed by atoms with Gasteiger partial charge >= 0.3 is 34.7 Å². The van der Waals surface area contributed by atoms with Crippen LogP contribution in [0.25, 0.3) is 32.4 Å². The van der Waals surface area contributed by atoms with Gasteiger partial charge in [0.1, 0.15) is 15.8 Å². The van der Waals surface area contributed by atoms with Gasteiger partial charge in [0.2, 0.25) is 0 Å². The molecule has 0 aliphatic rings. The fraction of sp³-hybridized carbons (Fsp3) is 0.0909. The van der Waals surface area contributed by atoms with Gasteiger partial charge < -0.3 is 9.66 Å². The molecule has 0 bridgehead atoms. The van der Waals surface area contributed by atoms with Crippen molar-refractivity contribution in [3.05, 3.63) is 77.9 Å². The van der Waals surface area contributed by atoms with E-state index < -0.39 is 15.0 Å². The van der Waals surface area contributed by atoms with Gasteiger partial charge in [-0.15, -0.1) is 0 Å². The maximum Gasteiger partial charge on any atom is 1.00 e. The quantitative estimate of drug-likeness (QED) is 0.196. The second kappa shape index (κ2) is 9.62. The number of aliphatic hydroxyl groups excluding tert-OH is 1. The first-order valence-corrected chi connectivity index (χ1v) is 12.1. The normalized spacial score (nSPS) is 11.5. The minimum absolute atomic E-state index is 0. The number of thiazole rings is 1. The maximum atomic E-state index is 12.0. The van der Waals surface area contributed by atoms with Gasteiger partial charge in [0.15, 0.2) is 5.52 Å². The molecule has 0 spiro atoms. The van der Waals surface area contributed by atoms with Crippen molar-refractivity contribution in [2.45, 2.75) is 18.4 Å². The number of benzene rings is 3. The number of para-hydroxylation sites is 2. The fourth-order valence-corrected chi connectivity index (χ4v) is 5.14. The molecule has 0 atom stereocenters. The predicted molar refractivity (Wildman–Crippen MR) is 120 cm³/mol.